The van der Waals surface area contributed by atoms with E-state index in [9.17, 15) is 4.79 Å². The summed E-state index contributed by atoms with van der Waals surface area (Å²) >= 11 is 0. The topological polar surface area (TPSA) is 44.8 Å². The predicted octanol–water partition coefficient (Wildman–Crippen LogP) is 8.20. The van der Waals surface area contributed by atoms with Gasteiger partial charge >= 0.3 is 6.16 Å². The molecule has 3 fully saturated rings. The quantitative estimate of drug-likeness (QED) is 0.186. The van der Waals surface area contributed by atoms with Gasteiger partial charge in [0, 0.05) is 13.5 Å². The van der Waals surface area contributed by atoms with Crippen LogP contribution in [0.25, 0.3) is 0 Å². The zero-order valence-corrected chi connectivity index (χ0v) is 23.4. The molecule has 35 heavy (non-hydrogen) atoms. The summed E-state index contributed by atoms with van der Waals surface area (Å²) in [6.07, 6.45) is 16.0. The molecule has 3 saturated carbocycles. The van der Waals surface area contributed by atoms with Crippen LogP contribution in [0.3, 0.4) is 0 Å². The van der Waals surface area contributed by atoms with Gasteiger partial charge in [-0.05, 0) is 91.3 Å². The normalized spacial score (nSPS) is 39.3. The number of fused-ring (bicyclic) bond motifs is 5. The van der Waals surface area contributed by atoms with Gasteiger partial charge in [0.15, 0.2) is 0 Å². The van der Waals surface area contributed by atoms with Crippen LogP contribution in [0, 0.1) is 46.3 Å². The number of allylic oxidation sites excluding steroid dienone is 1. The molecular weight excluding hydrogens is 436 g/mol. The van der Waals surface area contributed by atoms with Crippen LogP contribution in [0.2, 0.25) is 0 Å². The molecule has 4 aliphatic rings. The number of carbonyl (C=O) groups excluding carboxylic acids is 1. The van der Waals surface area contributed by atoms with Crippen molar-refractivity contribution in [3.63, 3.8) is 0 Å². The van der Waals surface area contributed by atoms with Gasteiger partial charge in [-0.15, -0.1) is 0 Å². The van der Waals surface area contributed by atoms with Gasteiger partial charge in [-0.3, -0.25) is 0 Å². The highest BCUT2D eigenvalue weighted by Gasteiger charge is 2.59. The molecule has 0 aromatic heterocycles. The van der Waals surface area contributed by atoms with E-state index >= 15 is 0 Å². The largest absolute Gasteiger partial charge is 0.508 e. The van der Waals surface area contributed by atoms with Gasteiger partial charge in [0.1, 0.15) is 12.7 Å². The first-order chi connectivity index (χ1) is 16.7. The Balaban J connectivity index is 1.39. The minimum absolute atomic E-state index is 0.0441. The van der Waals surface area contributed by atoms with Crippen molar-refractivity contribution < 1.29 is 19.0 Å². The van der Waals surface area contributed by atoms with E-state index in [0.29, 0.717) is 12.0 Å². The summed E-state index contributed by atoms with van der Waals surface area (Å²) < 4.78 is 15.8. The van der Waals surface area contributed by atoms with Gasteiger partial charge in [-0.25, -0.2) is 4.79 Å². The Morgan fingerprint density at radius 1 is 1.03 bits per heavy atom. The Labute approximate surface area is 214 Å². The third kappa shape index (κ3) is 5.48. The lowest BCUT2D eigenvalue weighted by atomic mass is 9.47. The highest BCUT2D eigenvalue weighted by atomic mass is 16.7. The van der Waals surface area contributed by atoms with Crippen LogP contribution in [0.15, 0.2) is 11.6 Å². The second-order valence-electron chi connectivity index (χ2n) is 13.4. The lowest BCUT2D eigenvalue weighted by Crippen LogP contribution is -2.51. The molecule has 0 aromatic rings. The summed E-state index contributed by atoms with van der Waals surface area (Å²) in [6.45, 7) is 13.1. The van der Waals surface area contributed by atoms with Crippen molar-refractivity contribution >= 4 is 6.16 Å². The third-order valence-electron chi connectivity index (χ3n) is 11.0. The van der Waals surface area contributed by atoms with Crippen LogP contribution in [0.1, 0.15) is 105 Å². The fraction of sp³-hybridized carbons (Fsp3) is 0.903. The smallest absolute Gasteiger partial charge is 0.432 e. The molecule has 4 aliphatic carbocycles. The van der Waals surface area contributed by atoms with Gasteiger partial charge in [-0.2, -0.15) is 0 Å². The SMILES string of the molecule is COCCOC(=O)O[C@H]1CC[C@@]2(C)C(=CC[C@H]3[C@@H]4CC[C@H]([C@H](C)CCCC(C)C)[C@@]4(C)CC[C@@H]32)C1. The molecule has 0 heterocycles. The van der Waals surface area contributed by atoms with Crippen molar-refractivity contribution in [3.05, 3.63) is 11.6 Å². The van der Waals surface area contributed by atoms with E-state index in [1.807, 2.05) is 0 Å². The van der Waals surface area contributed by atoms with E-state index in [2.05, 4.69) is 40.7 Å². The standard InChI is InChI=1S/C31H52O4/c1-21(2)8-7-9-22(3)26-12-13-27-25-11-10-23-20-24(35-29(32)34-19-18-33-6)14-16-30(23,4)28(25)15-17-31(26,27)5/h10,21-22,24-28H,7-9,11-20H2,1-6H3/t22-,24+,25+,26-,27+,28+,30+,31-/m1/s1. The molecule has 200 valence electrons. The fourth-order valence-corrected chi connectivity index (χ4v) is 9.13. The molecule has 0 bridgehead atoms. The number of hydrogen-bond donors (Lipinski definition) is 0. The molecular formula is C31H52O4. The lowest BCUT2D eigenvalue weighted by Gasteiger charge is -2.58. The summed E-state index contributed by atoms with van der Waals surface area (Å²) in [5.74, 6) is 5.12. The monoisotopic (exact) mass is 488 g/mol. The number of carbonyl (C=O) groups is 1. The zero-order chi connectivity index (χ0) is 25.2. The minimum atomic E-state index is -0.544. The molecule has 0 unspecified atom stereocenters. The van der Waals surface area contributed by atoms with Gasteiger partial charge in [-0.1, -0.05) is 65.5 Å². The molecule has 0 aromatic carbocycles. The zero-order valence-electron chi connectivity index (χ0n) is 23.4. The van der Waals surface area contributed by atoms with Crippen molar-refractivity contribution in [3.8, 4) is 0 Å². The first-order valence-corrected chi connectivity index (χ1v) is 14.7. The minimum Gasteiger partial charge on any atom is -0.432 e. The molecule has 0 aliphatic heterocycles. The Morgan fingerprint density at radius 3 is 2.57 bits per heavy atom. The summed E-state index contributed by atoms with van der Waals surface area (Å²) in [7, 11) is 1.60. The molecule has 8 atom stereocenters. The van der Waals surface area contributed by atoms with E-state index in [0.717, 1.165) is 54.8 Å². The van der Waals surface area contributed by atoms with Crippen molar-refractivity contribution in [2.45, 2.75) is 111 Å². The van der Waals surface area contributed by atoms with Crippen LogP contribution in [-0.4, -0.2) is 32.6 Å². The molecule has 4 rings (SSSR count). The maximum atomic E-state index is 12.1. The van der Waals surface area contributed by atoms with Crippen LogP contribution in [0.4, 0.5) is 4.79 Å². The van der Waals surface area contributed by atoms with Crippen molar-refractivity contribution in [1.29, 1.82) is 0 Å². The molecule has 4 heteroatoms. The Kier molecular flexibility index (Phi) is 8.61. The summed E-state index contributed by atoms with van der Waals surface area (Å²) in [5.41, 5.74) is 2.37. The molecule has 0 radical (unpaired) electrons. The average Bonchev–Trinajstić information content (AvgIpc) is 3.16. The van der Waals surface area contributed by atoms with E-state index in [1.165, 1.54) is 51.4 Å². The van der Waals surface area contributed by atoms with Gasteiger partial charge in [0.2, 0.25) is 0 Å². The second-order valence-corrected chi connectivity index (χ2v) is 13.4. The van der Waals surface area contributed by atoms with Crippen LogP contribution < -0.4 is 0 Å². The van der Waals surface area contributed by atoms with Gasteiger partial charge in [0.05, 0.1) is 6.61 Å². The number of ether oxygens (including phenoxy) is 3. The third-order valence-corrected chi connectivity index (χ3v) is 11.0. The molecule has 0 spiro atoms. The van der Waals surface area contributed by atoms with E-state index in [4.69, 9.17) is 14.2 Å². The second kappa shape index (κ2) is 11.2. The van der Waals surface area contributed by atoms with Crippen LogP contribution >= 0.6 is 0 Å². The first-order valence-electron chi connectivity index (χ1n) is 14.7. The first kappa shape index (κ1) is 27.0. The van der Waals surface area contributed by atoms with E-state index < -0.39 is 6.16 Å². The average molecular weight is 489 g/mol. The van der Waals surface area contributed by atoms with Crippen LogP contribution in [0.5, 0.6) is 0 Å². The predicted molar refractivity (Wildman–Crippen MR) is 141 cm³/mol. The number of methoxy groups -OCH3 is 1. The highest BCUT2D eigenvalue weighted by molar-refractivity contribution is 5.60. The van der Waals surface area contributed by atoms with Crippen LogP contribution in [-0.2, 0) is 14.2 Å². The van der Waals surface area contributed by atoms with Gasteiger partial charge < -0.3 is 14.2 Å². The number of hydrogen-bond acceptors (Lipinski definition) is 4. The van der Waals surface area contributed by atoms with Crippen molar-refractivity contribution in [2.24, 2.45) is 46.3 Å². The molecule has 4 nitrogen and oxygen atoms in total. The number of rotatable bonds is 9. The Morgan fingerprint density at radius 2 is 1.83 bits per heavy atom. The maximum Gasteiger partial charge on any atom is 0.508 e. The summed E-state index contributed by atoms with van der Waals surface area (Å²) in [5, 5.41) is 0. The summed E-state index contributed by atoms with van der Waals surface area (Å²) in [6, 6.07) is 0. The van der Waals surface area contributed by atoms with Crippen molar-refractivity contribution in [2.75, 3.05) is 20.3 Å². The molecule has 0 amide bonds. The van der Waals surface area contributed by atoms with E-state index in [1.54, 1.807) is 12.7 Å². The Bertz CT molecular complexity index is 759. The van der Waals surface area contributed by atoms with E-state index in [-0.39, 0.29) is 18.1 Å². The lowest BCUT2D eigenvalue weighted by molar-refractivity contribution is -0.0622. The van der Waals surface area contributed by atoms with Crippen molar-refractivity contribution in [1.82, 2.24) is 0 Å². The molecule has 0 N–H and O–H groups in total. The fourth-order valence-electron chi connectivity index (χ4n) is 9.13. The summed E-state index contributed by atoms with van der Waals surface area (Å²) in [4.78, 5) is 12.1. The molecule has 0 saturated heterocycles. The van der Waals surface area contributed by atoms with Gasteiger partial charge in [0.25, 0.3) is 0 Å². The highest BCUT2D eigenvalue weighted by Crippen LogP contribution is 2.67. The Hall–Kier alpha value is -1.03. The maximum absolute atomic E-state index is 12.1.